The molecule has 2 aromatic carbocycles. The molecule has 0 saturated carbocycles. The molecule has 1 amide bonds. The summed E-state index contributed by atoms with van der Waals surface area (Å²) < 4.78 is 39.4. The van der Waals surface area contributed by atoms with E-state index in [1.165, 1.54) is 36.7 Å². The average molecular weight is 476 g/mol. The van der Waals surface area contributed by atoms with Crippen molar-refractivity contribution >= 4 is 27.3 Å². The molecule has 180 valence electrons. The highest BCUT2D eigenvalue weighted by atomic mass is 32.2. The van der Waals surface area contributed by atoms with Gasteiger partial charge in [-0.05, 0) is 61.9 Å². The fourth-order valence-corrected chi connectivity index (χ4v) is 5.26. The van der Waals surface area contributed by atoms with E-state index in [-0.39, 0.29) is 37.0 Å². The quantitative estimate of drug-likeness (QED) is 0.580. The lowest BCUT2D eigenvalue weighted by molar-refractivity contribution is -0.121. The number of nitrogens with one attached hydrogen (secondary N) is 1. The van der Waals surface area contributed by atoms with Gasteiger partial charge in [0.05, 0.1) is 18.0 Å². The van der Waals surface area contributed by atoms with Crippen molar-refractivity contribution in [1.29, 1.82) is 0 Å². The molecule has 1 N–H and O–H groups in total. The van der Waals surface area contributed by atoms with Gasteiger partial charge in [-0.15, -0.1) is 0 Å². The molecule has 1 heterocycles. The molecule has 6 nitrogen and oxygen atoms in total. The molecule has 1 aliphatic heterocycles. The topological polar surface area (TPSA) is 69.7 Å². The highest BCUT2D eigenvalue weighted by Crippen LogP contribution is 2.25. The maximum atomic E-state index is 14.1. The predicted octanol–water partition coefficient (Wildman–Crippen LogP) is 4.49. The monoisotopic (exact) mass is 475 g/mol. The third-order valence-electron chi connectivity index (χ3n) is 6.08. The molecule has 1 saturated heterocycles. The van der Waals surface area contributed by atoms with Gasteiger partial charge in [-0.25, -0.2) is 12.8 Å². The van der Waals surface area contributed by atoms with E-state index in [1.807, 2.05) is 19.1 Å². The smallest absolute Gasteiger partial charge is 0.232 e. The molecular formula is C25H34FN3O3S. The van der Waals surface area contributed by atoms with Crippen LogP contribution >= 0.6 is 0 Å². The minimum absolute atomic E-state index is 0.00281. The minimum Gasteiger partial charge on any atom is -0.371 e. The van der Waals surface area contributed by atoms with Gasteiger partial charge in [0.1, 0.15) is 5.82 Å². The van der Waals surface area contributed by atoms with Crippen LogP contribution < -0.4 is 14.5 Å². The summed E-state index contributed by atoms with van der Waals surface area (Å²) in [5.74, 6) is -0.0736. The van der Waals surface area contributed by atoms with Crippen molar-refractivity contribution in [2.24, 2.45) is 5.92 Å². The highest BCUT2D eigenvalue weighted by molar-refractivity contribution is 7.92. The lowest BCUT2D eigenvalue weighted by Gasteiger charge is -2.33. The van der Waals surface area contributed by atoms with Crippen LogP contribution in [0.25, 0.3) is 0 Å². The first kappa shape index (κ1) is 25.0. The lowest BCUT2D eigenvalue weighted by atomic mass is 9.99. The minimum atomic E-state index is -3.66. The molecule has 33 heavy (non-hydrogen) atoms. The van der Waals surface area contributed by atoms with Crippen molar-refractivity contribution in [3.05, 3.63) is 59.9 Å². The van der Waals surface area contributed by atoms with Gasteiger partial charge >= 0.3 is 0 Å². The van der Waals surface area contributed by atoms with Crippen LogP contribution in [0.15, 0.2) is 48.5 Å². The fourth-order valence-electron chi connectivity index (χ4n) is 4.30. The summed E-state index contributed by atoms with van der Waals surface area (Å²) in [6.45, 7) is 6.39. The second kappa shape index (κ2) is 11.0. The van der Waals surface area contributed by atoms with E-state index in [0.29, 0.717) is 5.92 Å². The molecule has 0 radical (unpaired) electrons. The summed E-state index contributed by atoms with van der Waals surface area (Å²) in [7, 11) is -3.66. The van der Waals surface area contributed by atoms with Crippen molar-refractivity contribution in [3.63, 3.8) is 0 Å². The Morgan fingerprint density at radius 3 is 2.55 bits per heavy atom. The van der Waals surface area contributed by atoms with Gasteiger partial charge in [0.25, 0.3) is 0 Å². The zero-order valence-corrected chi connectivity index (χ0v) is 20.4. The number of hydrogen-bond donors (Lipinski definition) is 1. The first-order valence-corrected chi connectivity index (χ1v) is 13.4. The van der Waals surface area contributed by atoms with Gasteiger partial charge in [0.15, 0.2) is 0 Å². The van der Waals surface area contributed by atoms with E-state index in [2.05, 4.69) is 29.3 Å². The van der Waals surface area contributed by atoms with E-state index in [1.54, 1.807) is 6.07 Å². The maximum Gasteiger partial charge on any atom is 0.232 e. The van der Waals surface area contributed by atoms with Gasteiger partial charge < -0.3 is 10.2 Å². The number of carbonyl (C=O) groups is 1. The van der Waals surface area contributed by atoms with Crippen LogP contribution in [0.3, 0.4) is 0 Å². The normalized spacial score (nSPS) is 17.5. The standard InChI is InChI=1S/C25H34FN3O3S/c1-19-8-6-16-28(18-19)22-14-12-21(13-15-22)20(2)27-25(30)11-7-17-29(33(3,31)32)24-10-5-4-9-23(24)26/h4-5,9-10,12-15,19-20H,6-8,11,16-18H2,1-3H3,(H,27,30)/t19-,20-/m0/s1. The van der Waals surface area contributed by atoms with Gasteiger partial charge in [-0.1, -0.05) is 31.2 Å². The molecule has 8 heteroatoms. The number of para-hydroxylation sites is 1. The SMILES string of the molecule is C[C@H]1CCCN(c2ccc([C@H](C)NC(=O)CCCN(c3ccccc3F)S(C)(=O)=O)cc2)C1. The predicted molar refractivity (Wildman–Crippen MR) is 131 cm³/mol. The number of hydrogen-bond acceptors (Lipinski definition) is 4. The molecule has 0 aromatic heterocycles. The number of rotatable bonds is 9. The number of piperidine rings is 1. The number of halogens is 1. The summed E-state index contributed by atoms with van der Waals surface area (Å²) in [6.07, 6.45) is 3.96. The maximum absolute atomic E-state index is 14.1. The lowest BCUT2D eigenvalue weighted by Crippen LogP contribution is -2.34. The second-order valence-corrected chi connectivity index (χ2v) is 10.9. The van der Waals surface area contributed by atoms with Crippen molar-refractivity contribution < 1.29 is 17.6 Å². The highest BCUT2D eigenvalue weighted by Gasteiger charge is 2.21. The van der Waals surface area contributed by atoms with Crippen LogP contribution in [-0.4, -0.2) is 40.2 Å². The Balaban J connectivity index is 1.52. The van der Waals surface area contributed by atoms with Crippen LogP contribution in [-0.2, 0) is 14.8 Å². The Bertz CT molecular complexity index is 1040. The van der Waals surface area contributed by atoms with Crippen LogP contribution in [0.1, 0.15) is 51.1 Å². The zero-order valence-electron chi connectivity index (χ0n) is 19.6. The number of amides is 1. The Morgan fingerprint density at radius 2 is 1.91 bits per heavy atom. The number of nitrogens with zero attached hydrogens (tertiary/aromatic N) is 2. The van der Waals surface area contributed by atoms with Gasteiger partial charge in [-0.2, -0.15) is 0 Å². The number of anilines is 2. The number of carbonyl (C=O) groups excluding carboxylic acids is 1. The van der Waals surface area contributed by atoms with Crippen LogP contribution in [0, 0.1) is 11.7 Å². The van der Waals surface area contributed by atoms with Crippen molar-refractivity contribution in [1.82, 2.24) is 5.32 Å². The Morgan fingerprint density at radius 1 is 1.21 bits per heavy atom. The largest absolute Gasteiger partial charge is 0.371 e. The fraction of sp³-hybridized carbons (Fsp3) is 0.480. The van der Waals surface area contributed by atoms with Crippen molar-refractivity contribution in [2.45, 2.75) is 45.6 Å². The number of sulfonamides is 1. The third-order valence-corrected chi connectivity index (χ3v) is 7.26. The van der Waals surface area contributed by atoms with E-state index < -0.39 is 15.8 Å². The Kier molecular flexibility index (Phi) is 8.35. The molecule has 1 fully saturated rings. The molecule has 0 unspecified atom stereocenters. The van der Waals surface area contributed by atoms with Crippen molar-refractivity contribution in [2.75, 3.05) is 35.1 Å². The van der Waals surface area contributed by atoms with Crippen LogP contribution in [0.5, 0.6) is 0 Å². The molecule has 0 bridgehead atoms. The van der Waals surface area contributed by atoms with Crippen LogP contribution in [0.4, 0.5) is 15.8 Å². The van der Waals surface area contributed by atoms with E-state index in [9.17, 15) is 17.6 Å². The van der Waals surface area contributed by atoms with E-state index >= 15 is 0 Å². The van der Waals surface area contributed by atoms with Crippen molar-refractivity contribution in [3.8, 4) is 0 Å². The van der Waals surface area contributed by atoms with Crippen LogP contribution in [0.2, 0.25) is 0 Å². The van der Waals surface area contributed by atoms with Gasteiger partial charge in [0, 0.05) is 31.7 Å². The van der Waals surface area contributed by atoms with Gasteiger partial charge in [-0.3, -0.25) is 9.10 Å². The molecule has 0 aliphatic carbocycles. The third kappa shape index (κ3) is 6.93. The Hall–Kier alpha value is -2.61. The second-order valence-electron chi connectivity index (χ2n) is 8.96. The summed E-state index contributed by atoms with van der Waals surface area (Å²) >= 11 is 0. The first-order chi connectivity index (χ1) is 15.6. The summed E-state index contributed by atoms with van der Waals surface area (Å²) in [5, 5.41) is 2.97. The first-order valence-electron chi connectivity index (χ1n) is 11.5. The molecule has 1 aliphatic rings. The van der Waals surface area contributed by atoms with Gasteiger partial charge in [0.2, 0.25) is 15.9 Å². The number of benzene rings is 2. The molecule has 2 aromatic rings. The summed E-state index contributed by atoms with van der Waals surface area (Å²) in [5.41, 5.74) is 2.22. The molecule has 0 spiro atoms. The zero-order chi connectivity index (χ0) is 24.0. The van der Waals surface area contributed by atoms with E-state index in [0.717, 1.165) is 29.2 Å². The molecule has 3 rings (SSSR count). The summed E-state index contributed by atoms with van der Waals surface area (Å²) in [6, 6.07) is 13.9. The molecular weight excluding hydrogens is 441 g/mol. The average Bonchev–Trinajstić information content (AvgIpc) is 2.77. The Labute approximate surface area is 196 Å². The molecule has 2 atom stereocenters. The summed E-state index contributed by atoms with van der Waals surface area (Å²) in [4.78, 5) is 14.9. The van der Waals surface area contributed by atoms with E-state index in [4.69, 9.17) is 0 Å².